The Hall–Kier alpha value is -1.39. The molecular weight excluding hydrogens is 212 g/mol. The lowest BCUT2D eigenvalue weighted by Gasteiger charge is -2.01. The number of hydrogen-bond donors (Lipinski definition) is 0. The summed E-state index contributed by atoms with van der Waals surface area (Å²) in [5.74, 6) is 0.206. The van der Waals surface area contributed by atoms with Gasteiger partial charge in [-0.25, -0.2) is 0 Å². The molecule has 0 N–H and O–H groups in total. The zero-order valence-electron chi connectivity index (χ0n) is 9.35. The van der Waals surface area contributed by atoms with Gasteiger partial charge in [0.25, 0.3) is 12.9 Å². The fourth-order valence-electron chi connectivity index (χ4n) is 1.24. The molecule has 0 atom stereocenters. The summed E-state index contributed by atoms with van der Waals surface area (Å²) in [5, 5.41) is 0. The highest BCUT2D eigenvalue weighted by atomic mass is 16.5. The Labute approximate surface area is 95.1 Å². The highest BCUT2D eigenvalue weighted by Crippen LogP contribution is 2.03. The number of hydrogen-bond acceptors (Lipinski definition) is 5. The van der Waals surface area contributed by atoms with Crippen LogP contribution in [0.3, 0.4) is 0 Å². The molecule has 16 heavy (non-hydrogen) atoms. The van der Waals surface area contributed by atoms with Gasteiger partial charge in [-0.2, -0.15) is 0 Å². The van der Waals surface area contributed by atoms with Crippen molar-refractivity contribution in [1.29, 1.82) is 0 Å². The molecular formula is C11H18O5. The van der Waals surface area contributed by atoms with E-state index in [2.05, 4.69) is 9.47 Å². The van der Waals surface area contributed by atoms with Crippen molar-refractivity contribution < 1.29 is 23.9 Å². The number of carbonyl (C=O) groups is 3. The van der Waals surface area contributed by atoms with Crippen LogP contribution in [0.25, 0.3) is 0 Å². The Bertz CT molecular complexity index is 183. The Morgan fingerprint density at radius 2 is 1.25 bits per heavy atom. The maximum Gasteiger partial charge on any atom is 0.293 e. The van der Waals surface area contributed by atoms with E-state index in [9.17, 15) is 14.4 Å². The van der Waals surface area contributed by atoms with Crippen molar-refractivity contribution in [3.63, 3.8) is 0 Å². The van der Waals surface area contributed by atoms with E-state index in [1.807, 2.05) is 0 Å². The fourth-order valence-corrected chi connectivity index (χ4v) is 1.24. The van der Waals surface area contributed by atoms with Gasteiger partial charge in [0.05, 0.1) is 13.2 Å². The van der Waals surface area contributed by atoms with Gasteiger partial charge in [0, 0.05) is 12.8 Å². The summed E-state index contributed by atoms with van der Waals surface area (Å²) in [4.78, 5) is 30.9. The van der Waals surface area contributed by atoms with Crippen LogP contribution in [0.1, 0.15) is 38.5 Å². The van der Waals surface area contributed by atoms with Crippen molar-refractivity contribution in [3.05, 3.63) is 0 Å². The zero-order valence-corrected chi connectivity index (χ0v) is 9.35. The molecule has 0 aliphatic carbocycles. The normalized spacial score (nSPS) is 9.50. The van der Waals surface area contributed by atoms with E-state index < -0.39 is 0 Å². The molecule has 0 rings (SSSR count). The summed E-state index contributed by atoms with van der Waals surface area (Å²) in [6, 6.07) is 0. The van der Waals surface area contributed by atoms with E-state index in [1.54, 1.807) is 0 Å². The van der Waals surface area contributed by atoms with E-state index in [0.717, 1.165) is 25.7 Å². The lowest BCUT2D eigenvalue weighted by atomic mass is 10.1. The minimum absolute atomic E-state index is 0.206. The van der Waals surface area contributed by atoms with Gasteiger partial charge in [-0.05, 0) is 25.7 Å². The Kier molecular flexibility index (Phi) is 10.7. The summed E-state index contributed by atoms with van der Waals surface area (Å²) in [6.45, 7) is 1.58. The standard InChI is InChI=1S/C11H18O5/c12-9-15-7-3-1-5-11(14)6-2-4-8-16-10-13/h9-10H,1-8H2. The molecule has 0 aromatic heterocycles. The third-order valence-corrected chi connectivity index (χ3v) is 2.07. The SMILES string of the molecule is O=COCCCCC(=O)CCCCOC=O. The molecule has 0 radical (unpaired) electrons. The first-order valence-corrected chi connectivity index (χ1v) is 5.43. The minimum Gasteiger partial charge on any atom is -0.468 e. The Morgan fingerprint density at radius 1 is 0.812 bits per heavy atom. The lowest BCUT2D eigenvalue weighted by molar-refractivity contribution is -0.129. The number of carbonyl (C=O) groups excluding carboxylic acids is 3. The quantitative estimate of drug-likeness (QED) is 0.372. The van der Waals surface area contributed by atoms with E-state index in [0.29, 0.717) is 39.0 Å². The molecule has 0 aliphatic heterocycles. The summed E-state index contributed by atoms with van der Waals surface area (Å²) < 4.78 is 9.00. The fraction of sp³-hybridized carbons (Fsp3) is 0.727. The first-order valence-electron chi connectivity index (χ1n) is 5.43. The van der Waals surface area contributed by atoms with Crippen LogP contribution in [0.5, 0.6) is 0 Å². The minimum atomic E-state index is 0.206. The van der Waals surface area contributed by atoms with Crippen molar-refractivity contribution in [3.8, 4) is 0 Å². The van der Waals surface area contributed by atoms with Crippen LogP contribution in [-0.2, 0) is 23.9 Å². The number of rotatable bonds is 12. The number of unbranched alkanes of at least 4 members (excludes halogenated alkanes) is 2. The van der Waals surface area contributed by atoms with Gasteiger partial charge in [0.1, 0.15) is 5.78 Å². The van der Waals surface area contributed by atoms with Gasteiger partial charge in [-0.1, -0.05) is 0 Å². The van der Waals surface area contributed by atoms with E-state index in [1.165, 1.54) is 0 Å². The summed E-state index contributed by atoms with van der Waals surface area (Å²) in [5.41, 5.74) is 0. The molecule has 0 amide bonds. The molecule has 0 bridgehead atoms. The van der Waals surface area contributed by atoms with Crippen LogP contribution in [0.2, 0.25) is 0 Å². The molecule has 0 aliphatic rings. The second kappa shape index (κ2) is 11.7. The van der Waals surface area contributed by atoms with Crippen LogP contribution < -0.4 is 0 Å². The second-order valence-electron chi connectivity index (χ2n) is 3.39. The molecule has 5 heteroatoms. The zero-order chi connectivity index (χ0) is 12.1. The number of ether oxygens (including phenoxy) is 2. The second-order valence-corrected chi connectivity index (χ2v) is 3.39. The average molecular weight is 230 g/mol. The van der Waals surface area contributed by atoms with Crippen LogP contribution in [0.15, 0.2) is 0 Å². The first-order chi connectivity index (χ1) is 7.81. The van der Waals surface area contributed by atoms with Gasteiger partial charge in [-0.15, -0.1) is 0 Å². The van der Waals surface area contributed by atoms with E-state index >= 15 is 0 Å². The molecule has 0 aromatic carbocycles. The van der Waals surface area contributed by atoms with Gasteiger partial charge in [0.2, 0.25) is 0 Å². The van der Waals surface area contributed by atoms with Crippen LogP contribution in [0, 0.1) is 0 Å². The average Bonchev–Trinajstić information content (AvgIpc) is 2.28. The Balaban J connectivity index is 3.18. The first kappa shape index (κ1) is 14.6. The molecule has 5 nitrogen and oxygen atoms in total. The topological polar surface area (TPSA) is 69.7 Å². The van der Waals surface area contributed by atoms with Crippen molar-refractivity contribution in [2.24, 2.45) is 0 Å². The van der Waals surface area contributed by atoms with Crippen molar-refractivity contribution in [2.45, 2.75) is 38.5 Å². The molecule has 0 saturated heterocycles. The maximum atomic E-state index is 11.3. The predicted octanol–water partition coefficient (Wildman–Crippen LogP) is 1.24. The van der Waals surface area contributed by atoms with E-state index in [4.69, 9.17) is 0 Å². The van der Waals surface area contributed by atoms with Crippen LogP contribution >= 0.6 is 0 Å². The molecule has 0 fully saturated rings. The largest absolute Gasteiger partial charge is 0.468 e. The van der Waals surface area contributed by atoms with Gasteiger partial charge < -0.3 is 9.47 Å². The molecule has 0 heterocycles. The van der Waals surface area contributed by atoms with Gasteiger partial charge in [0.15, 0.2) is 0 Å². The third-order valence-electron chi connectivity index (χ3n) is 2.07. The van der Waals surface area contributed by atoms with E-state index in [-0.39, 0.29) is 5.78 Å². The van der Waals surface area contributed by atoms with Crippen LogP contribution in [0.4, 0.5) is 0 Å². The van der Waals surface area contributed by atoms with Crippen molar-refractivity contribution in [2.75, 3.05) is 13.2 Å². The molecule has 0 unspecified atom stereocenters. The molecule has 0 saturated carbocycles. The predicted molar refractivity (Wildman–Crippen MR) is 56.7 cm³/mol. The Morgan fingerprint density at radius 3 is 1.62 bits per heavy atom. The third kappa shape index (κ3) is 10.7. The monoisotopic (exact) mass is 230 g/mol. The van der Waals surface area contributed by atoms with Crippen LogP contribution in [-0.4, -0.2) is 31.9 Å². The summed E-state index contributed by atoms with van der Waals surface area (Å²) >= 11 is 0. The highest BCUT2D eigenvalue weighted by molar-refractivity contribution is 5.78. The summed E-state index contributed by atoms with van der Waals surface area (Å²) in [7, 11) is 0. The van der Waals surface area contributed by atoms with Gasteiger partial charge >= 0.3 is 0 Å². The lowest BCUT2D eigenvalue weighted by Crippen LogP contribution is -2.01. The van der Waals surface area contributed by atoms with Gasteiger partial charge in [-0.3, -0.25) is 14.4 Å². The smallest absolute Gasteiger partial charge is 0.293 e. The molecule has 0 spiro atoms. The number of ketones is 1. The highest BCUT2D eigenvalue weighted by Gasteiger charge is 2.01. The molecule has 92 valence electrons. The number of Topliss-reactive ketones (excluding diaryl/α,β-unsaturated/α-hetero) is 1. The van der Waals surface area contributed by atoms with Crippen molar-refractivity contribution >= 4 is 18.7 Å². The summed E-state index contributed by atoms with van der Waals surface area (Å²) in [6.07, 6.45) is 3.99. The van der Waals surface area contributed by atoms with Crippen molar-refractivity contribution in [1.82, 2.24) is 0 Å². The maximum absolute atomic E-state index is 11.3. The molecule has 0 aromatic rings.